The van der Waals surface area contributed by atoms with E-state index >= 15 is 0 Å². The lowest BCUT2D eigenvalue weighted by Crippen LogP contribution is -2.19. The van der Waals surface area contributed by atoms with E-state index in [1.54, 1.807) is 18.2 Å². The van der Waals surface area contributed by atoms with E-state index in [1.807, 2.05) is 6.07 Å². The fourth-order valence-electron chi connectivity index (χ4n) is 0.995. The molecule has 0 spiro atoms. The Bertz CT molecular complexity index is 398. The number of rotatable bonds is 2. The number of hydrogen-bond donors (Lipinski definition) is 2. The van der Waals surface area contributed by atoms with Crippen LogP contribution in [0, 0.1) is 11.3 Å². The van der Waals surface area contributed by atoms with Crippen LogP contribution in [0.3, 0.4) is 0 Å². The lowest BCUT2D eigenvalue weighted by atomic mass is 10.1. The zero-order valence-corrected chi connectivity index (χ0v) is 8.71. The Morgan fingerprint density at radius 3 is 2.86 bits per heavy atom. The molecule has 5 heteroatoms. The van der Waals surface area contributed by atoms with Gasteiger partial charge >= 0.3 is 6.09 Å². The summed E-state index contributed by atoms with van der Waals surface area (Å²) in [6.45, 7) is 0.198. The number of nitrogens with zero attached hydrogens (tertiary/aromatic N) is 1. The maximum Gasteiger partial charge on any atom is 0.404 e. The molecule has 2 N–H and O–H groups in total. The first kappa shape index (κ1) is 10.5. The third-order valence-electron chi connectivity index (χ3n) is 1.53. The number of benzene rings is 1. The minimum atomic E-state index is -1.08. The van der Waals surface area contributed by atoms with Gasteiger partial charge in [-0.1, -0.05) is 15.9 Å². The Morgan fingerprint density at radius 2 is 2.29 bits per heavy atom. The predicted molar refractivity (Wildman–Crippen MR) is 53.7 cm³/mol. The fourth-order valence-corrected chi connectivity index (χ4v) is 1.54. The summed E-state index contributed by atoms with van der Waals surface area (Å²) in [6.07, 6.45) is -1.08. The van der Waals surface area contributed by atoms with Gasteiger partial charge in [0.15, 0.2) is 0 Å². The van der Waals surface area contributed by atoms with E-state index in [2.05, 4.69) is 21.2 Å². The molecular weight excluding hydrogens is 248 g/mol. The fraction of sp³-hybridized carbons (Fsp3) is 0.111. The smallest absolute Gasteiger partial charge is 0.404 e. The largest absolute Gasteiger partial charge is 0.465 e. The summed E-state index contributed by atoms with van der Waals surface area (Å²) in [6, 6.07) is 7.06. The summed E-state index contributed by atoms with van der Waals surface area (Å²) >= 11 is 3.23. The molecule has 0 radical (unpaired) electrons. The summed E-state index contributed by atoms with van der Waals surface area (Å²) in [5, 5.41) is 19.3. The van der Waals surface area contributed by atoms with E-state index in [9.17, 15) is 4.79 Å². The zero-order valence-electron chi connectivity index (χ0n) is 7.12. The molecule has 4 nitrogen and oxygen atoms in total. The second-order valence-corrected chi connectivity index (χ2v) is 3.53. The van der Waals surface area contributed by atoms with Gasteiger partial charge in [-0.15, -0.1) is 0 Å². The molecule has 0 aliphatic rings. The van der Waals surface area contributed by atoms with Crippen molar-refractivity contribution in [2.45, 2.75) is 6.54 Å². The number of halogens is 1. The maximum atomic E-state index is 10.2. The van der Waals surface area contributed by atoms with Gasteiger partial charge in [0.1, 0.15) is 0 Å². The lowest BCUT2D eigenvalue weighted by molar-refractivity contribution is 0.194. The van der Waals surface area contributed by atoms with Crippen LogP contribution >= 0.6 is 15.9 Å². The number of nitrogens with one attached hydrogen (secondary N) is 1. The Labute approximate surface area is 89.3 Å². The first-order valence-electron chi connectivity index (χ1n) is 3.78. The Kier molecular flexibility index (Phi) is 3.48. The van der Waals surface area contributed by atoms with Gasteiger partial charge in [-0.2, -0.15) is 5.26 Å². The summed E-state index contributed by atoms with van der Waals surface area (Å²) in [5.74, 6) is 0. The quantitative estimate of drug-likeness (QED) is 0.849. The van der Waals surface area contributed by atoms with Crippen molar-refractivity contribution in [3.8, 4) is 6.07 Å². The van der Waals surface area contributed by atoms with Crippen LogP contribution in [0.25, 0.3) is 0 Å². The molecule has 1 amide bonds. The second kappa shape index (κ2) is 4.63. The predicted octanol–water partition coefficient (Wildman–Crippen LogP) is 2.09. The average molecular weight is 255 g/mol. The van der Waals surface area contributed by atoms with Gasteiger partial charge in [0.2, 0.25) is 0 Å². The van der Waals surface area contributed by atoms with E-state index in [4.69, 9.17) is 10.4 Å². The van der Waals surface area contributed by atoms with Crippen molar-refractivity contribution in [1.29, 1.82) is 5.26 Å². The molecule has 0 aromatic heterocycles. The molecular formula is C9H7BrN2O2. The monoisotopic (exact) mass is 254 g/mol. The highest BCUT2D eigenvalue weighted by atomic mass is 79.9. The Balaban J connectivity index is 2.82. The van der Waals surface area contributed by atoms with Crippen LogP contribution in [0.15, 0.2) is 22.7 Å². The van der Waals surface area contributed by atoms with Crippen molar-refractivity contribution in [2.75, 3.05) is 0 Å². The summed E-state index contributed by atoms with van der Waals surface area (Å²) in [5.41, 5.74) is 1.25. The summed E-state index contributed by atoms with van der Waals surface area (Å²) in [4.78, 5) is 10.2. The van der Waals surface area contributed by atoms with Crippen LogP contribution in [-0.4, -0.2) is 11.2 Å². The highest BCUT2D eigenvalue weighted by molar-refractivity contribution is 9.10. The Hall–Kier alpha value is -1.54. The molecule has 0 heterocycles. The molecule has 0 saturated carbocycles. The molecule has 14 heavy (non-hydrogen) atoms. The van der Waals surface area contributed by atoms with Gasteiger partial charge in [0, 0.05) is 11.0 Å². The third kappa shape index (κ3) is 3.07. The highest BCUT2D eigenvalue weighted by Gasteiger charge is 2.00. The van der Waals surface area contributed by atoms with Crippen LogP contribution < -0.4 is 5.32 Å². The SMILES string of the molecule is N#Cc1cc(Br)cc(CNC(=O)O)c1. The van der Waals surface area contributed by atoms with Crippen LogP contribution in [0.2, 0.25) is 0 Å². The van der Waals surface area contributed by atoms with Gasteiger partial charge in [-0.3, -0.25) is 0 Å². The molecule has 0 aliphatic heterocycles. The zero-order chi connectivity index (χ0) is 10.6. The molecule has 0 saturated heterocycles. The second-order valence-electron chi connectivity index (χ2n) is 2.62. The highest BCUT2D eigenvalue weighted by Crippen LogP contribution is 2.15. The van der Waals surface area contributed by atoms with Crippen molar-refractivity contribution in [3.63, 3.8) is 0 Å². The normalized spacial score (nSPS) is 9.14. The number of hydrogen-bond acceptors (Lipinski definition) is 2. The molecule has 1 rings (SSSR count). The van der Waals surface area contributed by atoms with E-state index in [0.717, 1.165) is 10.0 Å². The van der Waals surface area contributed by atoms with Crippen LogP contribution in [0.4, 0.5) is 4.79 Å². The van der Waals surface area contributed by atoms with Crippen LogP contribution in [0.5, 0.6) is 0 Å². The van der Waals surface area contributed by atoms with Crippen molar-refractivity contribution < 1.29 is 9.90 Å². The molecule has 0 unspecified atom stereocenters. The van der Waals surface area contributed by atoms with Crippen molar-refractivity contribution in [1.82, 2.24) is 5.32 Å². The van der Waals surface area contributed by atoms with Crippen molar-refractivity contribution in [2.24, 2.45) is 0 Å². The first-order chi connectivity index (χ1) is 6.61. The molecule has 0 atom stereocenters. The van der Waals surface area contributed by atoms with Crippen molar-refractivity contribution >= 4 is 22.0 Å². The number of amides is 1. The minimum Gasteiger partial charge on any atom is -0.465 e. The summed E-state index contributed by atoms with van der Waals surface area (Å²) < 4.78 is 0.763. The van der Waals surface area contributed by atoms with Gasteiger partial charge in [-0.05, 0) is 23.8 Å². The van der Waals surface area contributed by atoms with Crippen molar-refractivity contribution in [3.05, 3.63) is 33.8 Å². The number of nitriles is 1. The van der Waals surface area contributed by atoms with E-state index in [-0.39, 0.29) is 6.54 Å². The molecule has 1 aromatic rings. The molecule has 1 aromatic carbocycles. The first-order valence-corrected chi connectivity index (χ1v) is 4.57. The number of carbonyl (C=O) groups is 1. The molecule has 0 bridgehead atoms. The van der Waals surface area contributed by atoms with E-state index in [0.29, 0.717) is 5.56 Å². The van der Waals surface area contributed by atoms with Gasteiger partial charge in [-0.25, -0.2) is 4.79 Å². The van der Waals surface area contributed by atoms with Crippen LogP contribution in [0.1, 0.15) is 11.1 Å². The maximum absolute atomic E-state index is 10.2. The number of carboxylic acid groups (broad SMARTS) is 1. The Morgan fingerprint density at radius 1 is 1.57 bits per heavy atom. The molecule has 0 aliphatic carbocycles. The van der Waals surface area contributed by atoms with E-state index < -0.39 is 6.09 Å². The standard InChI is InChI=1S/C9H7BrN2O2/c10-8-2-6(4-11)1-7(3-8)5-12-9(13)14/h1-3,12H,5H2,(H,13,14). The van der Waals surface area contributed by atoms with Gasteiger partial charge in [0.05, 0.1) is 11.6 Å². The molecule has 0 fully saturated rings. The summed E-state index contributed by atoms with van der Waals surface area (Å²) in [7, 11) is 0. The topological polar surface area (TPSA) is 73.1 Å². The molecule has 72 valence electrons. The minimum absolute atomic E-state index is 0.198. The average Bonchev–Trinajstić information content (AvgIpc) is 2.14. The lowest BCUT2D eigenvalue weighted by Gasteiger charge is -2.02. The van der Waals surface area contributed by atoms with Gasteiger partial charge < -0.3 is 10.4 Å². The van der Waals surface area contributed by atoms with Gasteiger partial charge in [0.25, 0.3) is 0 Å². The van der Waals surface area contributed by atoms with Crippen LogP contribution in [-0.2, 0) is 6.54 Å². The van der Waals surface area contributed by atoms with E-state index in [1.165, 1.54) is 0 Å². The third-order valence-corrected chi connectivity index (χ3v) is 1.99.